The highest BCUT2D eigenvalue weighted by atomic mass is 32.2. The fourth-order valence-electron chi connectivity index (χ4n) is 2.11. The van der Waals surface area contributed by atoms with Crippen molar-refractivity contribution < 1.29 is 18.3 Å². The Kier molecular flexibility index (Phi) is 3.03. The average molecular weight is 260 g/mol. The highest BCUT2D eigenvalue weighted by Crippen LogP contribution is 2.35. The van der Waals surface area contributed by atoms with Crippen molar-refractivity contribution in [2.75, 3.05) is 11.5 Å². The SMILES string of the molecule is O=C(O)C(c1cccs1)C1CCS(=O)(=O)C1. The smallest absolute Gasteiger partial charge is 0.312 e. The molecular weight excluding hydrogens is 248 g/mol. The van der Waals surface area contributed by atoms with Crippen LogP contribution in [-0.4, -0.2) is 31.0 Å². The van der Waals surface area contributed by atoms with Gasteiger partial charge >= 0.3 is 5.97 Å². The van der Waals surface area contributed by atoms with Crippen molar-refractivity contribution in [2.45, 2.75) is 12.3 Å². The molecular formula is C10H12O4S2. The van der Waals surface area contributed by atoms with Crippen LogP contribution >= 0.6 is 11.3 Å². The molecule has 0 radical (unpaired) electrons. The number of rotatable bonds is 3. The summed E-state index contributed by atoms with van der Waals surface area (Å²) in [5, 5.41) is 11.0. The van der Waals surface area contributed by atoms with Gasteiger partial charge in [-0.25, -0.2) is 8.42 Å². The lowest BCUT2D eigenvalue weighted by Crippen LogP contribution is -2.21. The van der Waals surface area contributed by atoms with Crippen LogP contribution in [0, 0.1) is 5.92 Å². The number of carbonyl (C=O) groups is 1. The third-order valence-electron chi connectivity index (χ3n) is 2.85. The van der Waals surface area contributed by atoms with Gasteiger partial charge in [-0.3, -0.25) is 4.79 Å². The van der Waals surface area contributed by atoms with Crippen molar-refractivity contribution in [1.82, 2.24) is 0 Å². The third-order valence-corrected chi connectivity index (χ3v) is 5.60. The second kappa shape index (κ2) is 4.18. The zero-order chi connectivity index (χ0) is 11.8. The number of hydrogen-bond acceptors (Lipinski definition) is 4. The van der Waals surface area contributed by atoms with Gasteiger partial charge in [0.15, 0.2) is 9.84 Å². The van der Waals surface area contributed by atoms with E-state index in [9.17, 15) is 18.3 Å². The first-order valence-corrected chi connectivity index (χ1v) is 7.66. The van der Waals surface area contributed by atoms with Gasteiger partial charge in [-0.1, -0.05) is 6.07 Å². The standard InChI is InChI=1S/C10H12O4S2/c11-10(12)9(8-2-1-4-15-8)7-3-5-16(13,14)6-7/h1-2,4,7,9H,3,5-6H2,(H,11,12). The fraction of sp³-hybridized carbons (Fsp3) is 0.500. The summed E-state index contributed by atoms with van der Waals surface area (Å²) in [7, 11) is -3.02. The van der Waals surface area contributed by atoms with Gasteiger partial charge in [0.05, 0.1) is 17.4 Å². The summed E-state index contributed by atoms with van der Waals surface area (Å²) in [5.74, 6) is -1.75. The first kappa shape index (κ1) is 11.6. The molecule has 0 spiro atoms. The lowest BCUT2D eigenvalue weighted by molar-refractivity contribution is -0.139. The van der Waals surface area contributed by atoms with Crippen LogP contribution in [0.2, 0.25) is 0 Å². The molecule has 1 aromatic rings. The average Bonchev–Trinajstić information content (AvgIpc) is 2.76. The molecule has 1 aromatic heterocycles. The molecule has 0 bridgehead atoms. The molecule has 0 saturated carbocycles. The van der Waals surface area contributed by atoms with Gasteiger partial charge in [-0.15, -0.1) is 11.3 Å². The van der Waals surface area contributed by atoms with Gasteiger partial charge in [0, 0.05) is 4.88 Å². The molecule has 88 valence electrons. The molecule has 2 rings (SSSR count). The largest absolute Gasteiger partial charge is 0.481 e. The molecule has 2 heterocycles. The van der Waals surface area contributed by atoms with Crippen molar-refractivity contribution in [3.8, 4) is 0 Å². The van der Waals surface area contributed by atoms with E-state index in [0.717, 1.165) is 4.88 Å². The summed E-state index contributed by atoms with van der Waals surface area (Å²) >= 11 is 1.37. The van der Waals surface area contributed by atoms with Gasteiger partial charge in [-0.2, -0.15) is 0 Å². The lowest BCUT2D eigenvalue weighted by Gasteiger charge is -2.16. The van der Waals surface area contributed by atoms with Gasteiger partial charge in [0.25, 0.3) is 0 Å². The lowest BCUT2D eigenvalue weighted by atomic mass is 9.90. The molecule has 4 nitrogen and oxygen atoms in total. The molecule has 16 heavy (non-hydrogen) atoms. The van der Waals surface area contributed by atoms with Crippen LogP contribution in [-0.2, 0) is 14.6 Å². The molecule has 1 N–H and O–H groups in total. The Balaban J connectivity index is 2.26. The highest BCUT2D eigenvalue weighted by Gasteiger charge is 2.38. The Bertz CT molecular complexity index is 475. The zero-order valence-corrected chi connectivity index (χ0v) is 10.1. The quantitative estimate of drug-likeness (QED) is 0.890. The van der Waals surface area contributed by atoms with Gasteiger partial charge in [0.1, 0.15) is 0 Å². The van der Waals surface area contributed by atoms with Gasteiger partial charge < -0.3 is 5.11 Å². The molecule has 0 aromatic carbocycles. The normalized spacial score (nSPS) is 25.4. The maximum absolute atomic E-state index is 11.3. The van der Waals surface area contributed by atoms with Crippen molar-refractivity contribution in [1.29, 1.82) is 0 Å². The molecule has 0 aliphatic carbocycles. The minimum absolute atomic E-state index is 0.00185. The van der Waals surface area contributed by atoms with E-state index in [1.54, 1.807) is 12.1 Å². The highest BCUT2D eigenvalue weighted by molar-refractivity contribution is 7.91. The van der Waals surface area contributed by atoms with Crippen LogP contribution < -0.4 is 0 Å². The fourth-order valence-corrected chi connectivity index (χ4v) is 4.86. The summed E-state index contributed by atoms with van der Waals surface area (Å²) in [6.45, 7) is 0. The van der Waals surface area contributed by atoms with Crippen molar-refractivity contribution in [2.24, 2.45) is 5.92 Å². The molecule has 0 amide bonds. The van der Waals surface area contributed by atoms with Crippen LogP contribution in [0.4, 0.5) is 0 Å². The number of carboxylic acids is 1. The molecule has 1 saturated heterocycles. The van der Waals surface area contributed by atoms with E-state index in [1.165, 1.54) is 11.3 Å². The Morgan fingerprint density at radius 1 is 1.56 bits per heavy atom. The number of sulfone groups is 1. The van der Waals surface area contributed by atoms with Gasteiger partial charge in [-0.05, 0) is 23.8 Å². The second-order valence-corrected chi connectivity index (χ2v) is 7.20. The van der Waals surface area contributed by atoms with E-state index in [1.807, 2.05) is 5.38 Å². The van der Waals surface area contributed by atoms with E-state index < -0.39 is 21.7 Å². The van der Waals surface area contributed by atoms with Crippen LogP contribution in [0.15, 0.2) is 17.5 Å². The van der Waals surface area contributed by atoms with Crippen molar-refractivity contribution in [3.05, 3.63) is 22.4 Å². The summed E-state index contributed by atoms with van der Waals surface area (Å²) < 4.78 is 22.7. The van der Waals surface area contributed by atoms with Crippen LogP contribution in [0.3, 0.4) is 0 Å². The number of hydrogen-bond donors (Lipinski definition) is 1. The minimum Gasteiger partial charge on any atom is -0.481 e. The maximum Gasteiger partial charge on any atom is 0.312 e. The van der Waals surface area contributed by atoms with Crippen LogP contribution in [0.1, 0.15) is 17.2 Å². The predicted octanol–water partition coefficient (Wildman–Crippen LogP) is 1.35. The summed E-state index contributed by atoms with van der Waals surface area (Å²) in [6, 6.07) is 3.55. The number of thiophene rings is 1. The Morgan fingerprint density at radius 3 is 2.75 bits per heavy atom. The molecule has 6 heteroatoms. The summed E-state index contributed by atoms with van der Waals surface area (Å²) in [5.41, 5.74) is 0. The molecule has 1 aliphatic rings. The topological polar surface area (TPSA) is 71.4 Å². The first-order valence-electron chi connectivity index (χ1n) is 4.96. The van der Waals surface area contributed by atoms with Gasteiger partial charge in [0.2, 0.25) is 0 Å². The second-order valence-electron chi connectivity index (χ2n) is 3.99. The molecule has 2 atom stereocenters. The molecule has 2 unspecified atom stereocenters. The summed E-state index contributed by atoms with van der Waals surface area (Å²) in [6.07, 6.45) is 0.456. The zero-order valence-electron chi connectivity index (χ0n) is 8.50. The molecule has 1 fully saturated rings. The third kappa shape index (κ3) is 2.27. The minimum atomic E-state index is -3.02. The number of carboxylic acid groups (broad SMARTS) is 1. The first-order chi connectivity index (χ1) is 7.49. The Morgan fingerprint density at radius 2 is 2.31 bits per heavy atom. The molecule has 1 aliphatic heterocycles. The maximum atomic E-state index is 11.3. The van der Waals surface area contributed by atoms with Crippen molar-refractivity contribution in [3.63, 3.8) is 0 Å². The van der Waals surface area contributed by atoms with Crippen LogP contribution in [0.5, 0.6) is 0 Å². The Labute approximate surface area is 97.8 Å². The van der Waals surface area contributed by atoms with E-state index >= 15 is 0 Å². The van der Waals surface area contributed by atoms with E-state index in [0.29, 0.717) is 6.42 Å². The predicted molar refractivity (Wildman–Crippen MR) is 61.5 cm³/mol. The van der Waals surface area contributed by atoms with E-state index in [-0.39, 0.29) is 17.4 Å². The number of aliphatic carboxylic acids is 1. The monoisotopic (exact) mass is 260 g/mol. The van der Waals surface area contributed by atoms with E-state index in [4.69, 9.17) is 0 Å². The Hall–Kier alpha value is -0.880. The van der Waals surface area contributed by atoms with E-state index in [2.05, 4.69) is 0 Å². The summed E-state index contributed by atoms with van der Waals surface area (Å²) in [4.78, 5) is 12.0. The van der Waals surface area contributed by atoms with Crippen LogP contribution in [0.25, 0.3) is 0 Å². The van der Waals surface area contributed by atoms with Crippen molar-refractivity contribution >= 4 is 27.1 Å².